The molecule has 1 aromatic rings. The molecule has 1 aliphatic rings. The lowest BCUT2D eigenvalue weighted by Gasteiger charge is -2.27. The molecule has 0 amide bonds. The highest BCUT2D eigenvalue weighted by atomic mass is 32.2. The van der Waals surface area contributed by atoms with Gasteiger partial charge in [0, 0.05) is 25.9 Å². The lowest BCUT2D eigenvalue weighted by Crippen LogP contribution is -2.37. The minimum atomic E-state index is -3.52. The number of sulfonamides is 1. The van der Waals surface area contributed by atoms with E-state index in [1.807, 2.05) is 0 Å². The van der Waals surface area contributed by atoms with Gasteiger partial charge in [0.1, 0.15) is 0 Å². The number of hydrogen-bond donors (Lipinski definition) is 1. The summed E-state index contributed by atoms with van der Waals surface area (Å²) in [6.45, 7) is 2.88. The molecule has 1 aliphatic heterocycles. The Bertz CT molecular complexity index is 566. The maximum absolute atomic E-state index is 12.6. The van der Waals surface area contributed by atoms with Gasteiger partial charge in [-0.2, -0.15) is 4.31 Å². The van der Waals surface area contributed by atoms with E-state index in [1.54, 1.807) is 26.1 Å². The second kappa shape index (κ2) is 6.11. The van der Waals surface area contributed by atoms with E-state index in [2.05, 4.69) is 0 Å². The quantitative estimate of drug-likeness (QED) is 0.860. The lowest BCUT2D eigenvalue weighted by molar-refractivity contribution is 0.00858. The Kier molecular flexibility index (Phi) is 4.67. The van der Waals surface area contributed by atoms with Gasteiger partial charge in [-0.25, -0.2) is 8.42 Å². The summed E-state index contributed by atoms with van der Waals surface area (Å²) < 4.78 is 32.2. The van der Waals surface area contributed by atoms with Crippen molar-refractivity contribution in [1.82, 2.24) is 4.31 Å². The highest BCUT2D eigenvalue weighted by Gasteiger charge is 2.26. The summed E-state index contributed by atoms with van der Waals surface area (Å²) >= 11 is 0. The van der Waals surface area contributed by atoms with Gasteiger partial charge >= 0.3 is 0 Å². The van der Waals surface area contributed by atoms with Gasteiger partial charge in [-0.15, -0.1) is 0 Å². The fourth-order valence-corrected chi connectivity index (χ4v) is 3.86. The van der Waals surface area contributed by atoms with Gasteiger partial charge < -0.3 is 10.5 Å². The molecule has 6 heteroatoms. The first-order valence-corrected chi connectivity index (χ1v) is 8.29. The molecule has 1 fully saturated rings. The largest absolute Gasteiger partial charge is 0.399 e. The van der Waals surface area contributed by atoms with Crippen molar-refractivity contribution in [3.63, 3.8) is 0 Å². The Hall–Kier alpha value is -1.11. The Morgan fingerprint density at radius 1 is 1.40 bits per heavy atom. The summed E-state index contributed by atoms with van der Waals surface area (Å²) in [5, 5.41) is 0. The van der Waals surface area contributed by atoms with Gasteiger partial charge in [0.05, 0.1) is 11.0 Å². The van der Waals surface area contributed by atoms with Crippen molar-refractivity contribution < 1.29 is 13.2 Å². The third kappa shape index (κ3) is 3.31. The summed E-state index contributed by atoms with van der Waals surface area (Å²) in [6.07, 6.45) is 3.05. The number of nitrogen functional groups attached to an aromatic ring is 1. The van der Waals surface area contributed by atoms with Crippen LogP contribution in [0.1, 0.15) is 24.8 Å². The average molecular weight is 298 g/mol. The van der Waals surface area contributed by atoms with Crippen LogP contribution >= 0.6 is 0 Å². The Labute approximate surface area is 120 Å². The van der Waals surface area contributed by atoms with Crippen molar-refractivity contribution in [1.29, 1.82) is 0 Å². The van der Waals surface area contributed by atoms with Gasteiger partial charge in [-0.1, -0.05) is 6.07 Å². The minimum absolute atomic E-state index is 0.00936. The summed E-state index contributed by atoms with van der Waals surface area (Å²) in [4.78, 5) is 0.274. The van der Waals surface area contributed by atoms with Gasteiger partial charge in [-0.3, -0.25) is 0 Å². The smallest absolute Gasteiger partial charge is 0.243 e. The van der Waals surface area contributed by atoms with E-state index in [-0.39, 0.29) is 11.0 Å². The third-order valence-electron chi connectivity index (χ3n) is 3.64. The number of hydrogen-bond acceptors (Lipinski definition) is 4. The highest BCUT2D eigenvalue weighted by Crippen LogP contribution is 2.23. The van der Waals surface area contributed by atoms with Crippen molar-refractivity contribution in [2.45, 2.75) is 37.2 Å². The number of nitrogens with zero attached hydrogens (tertiary/aromatic N) is 1. The van der Waals surface area contributed by atoms with Crippen LogP contribution in [0, 0.1) is 6.92 Å². The standard InChI is InChI=1S/C14H22N2O3S/c1-11-6-7-12(15)9-14(11)20(17,18)16(2)10-13-5-3-4-8-19-13/h6-7,9,13H,3-5,8,10,15H2,1-2H3. The number of benzene rings is 1. The summed E-state index contributed by atoms with van der Waals surface area (Å²) in [6, 6.07) is 4.95. The number of ether oxygens (including phenoxy) is 1. The predicted molar refractivity (Wildman–Crippen MR) is 79.0 cm³/mol. The topological polar surface area (TPSA) is 72.6 Å². The number of likely N-dealkylation sites (N-methyl/N-ethyl adjacent to an activating group) is 1. The molecule has 112 valence electrons. The maximum atomic E-state index is 12.6. The van der Waals surface area contributed by atoms with E-state index in [9.17, 15) is 8.42 Å². The highest BCUT2D eigenvalue weighted by molar-refractivity contribution is 7.89. The van der Waals surface area contributed by atoms with Gasteiger partial charge in [0.25, 0.3) is 0 Å². The number of anilines is 1. The molecule has 0 aliphatic carbocycles. The van der Waals surface area contributed by atoms with E-state index in [4.69, 9.17) is 10.5 Å². The number of rotatable bonds is 4. The van der Waals surface area contributed by atoms with Crippen LogP contribution in [0.15, 0.2) is 23.1 Å². The van der Waals surface area contributed by atoms with Crippen LogP contribution in [0.5, 0.6) is 0 Å². The normalized spacial score (nSPS) is 20.2. The fourth-order valence-electron chi connectivity index (χ4n) is 2.40. The van der Waals surface area contributed by atoms with Crippen molar-refractivity contribution in [2.75, 3.05) is 25.9 Å². The zero-order valence-electron chi connectivity index (χ0n) is 12.0. The second-order valence-corrected chi connectivity index (χ2v) is 7.31. The van der Waals surface area contributed by atoms with E-state index in [0.717, 1.165) is 25.9 Å². The van der Waals surface area contributed by atoms with Gasteiger partial charge in [-0.05, 0) is 43.9 Å². The third-order valence-corrected chi connectivity index (χ3v) is 5.60. The van der Waals surface area contributed by atoms with Crippen LogP contribution < -0.4 is 5.73 Å². The summed E-state index contributed by atoms with van der Waals surface area (Å²) in [5.41, 5.74) is 6.86. The second-order valence-electron chi connectivity index (χ2n) is 5.30. The molecule has 5 nitrogen and oxygen atoms in total. The van der Waals surface area contributed by atoms with Crippen molar-refractivity contribution in [2.24, 2.45) is 0 Å². The van der Waals surface area contributed by atoms with Crippen LogP contribution in [0.3, 0.4) is 0 Å². The van der Waals surface area contributed by atoms with Crippen LogP contribution in [0.2, 0.25) is 0 Å². The molecule has 0 aromatic heterocycles. The molecule has 0 saturated carbocycles. The van der Waals surface area contributed by atoms with Crippen LogP contribution in [0.25, 0.3) is 0 Å². The summed E-state index contributed by atoms with van der Waals surface area (Å²) in [7, 11) is -1.93. The van der Waals surface area contributed by atoms with Crippen molar-refractivity contribution in [3.8, 4) is 0 Å². The molecule has 0 spiro atoms. The number of nitrogens with two attached hydrogens (primary N) is 1. The van der Waals surface area contributed by atoms with Crippen LogP contribution in [-0.4, -0.2) is 39.0 Å². The van der Waals surface area contributed by atoms with Crippen LogP contribution in [-0.2, 0) is 14.8 Å². The van der Waals surface area contributed by atoms with E-state index < -0.39 is 10.0 Å². The zero-order valence-corrected chi connectivity index (χ0v) is 12.8. The molecule has 2 N–H and O–H groups in total. The molecule has 1 aromatic carbocycles. The van der Waals surface area contributed by atoms with E-state index >= 15 is 0 Å². The minimum Gasteiger partial charge on any atom is -0.399 e. The molecule has 0 radical (unpaired) electrons. The molecular formula is C14H22N2O3S. The average Bonchev–Trinajstić information content (AvgIpc) is 2.42. The Morgan fingerprint density at radius 2 is 2.15 bits per heavy atom. The monoisotopic (exact) mass is 298 g/mol. The zero-order chi connectivity index (χ0) is 14.8. The molecule has 1 unspecified atom stereocenters. The molecule has 1 atom stereocenters. The number of aryl methyl sites for hydroxylation is 1. The fraction of sp³-hybridized carbons (Fsp3) is 0.571. The van der Waals surface area contributed by atoms with Gasteiger partial charge in [0.15, 0.2) is 0 Å². The first kappa shape index (κ1) is 15.3. The summed E-state index contributed by atoms with van der Waals surface area (Å²) in [5.74, 6) is 0. The molecular weight excluding hydrogens is 276 g/mol. The molecule has 1 saturated heterocycles. The maximum Gasteiger partial charge on any atom is 0.243 e. The first-order chi connectivity index (χ1) is 9.41. The molecule has 2 rings (SSSR count). The Balaban J connectivity index is 2.18. The molecule has 0 bridgehead atoms. The van der Waals surface area contributed by atoms with Crippen molar-refractivity contribution in [3.05, 3.63) is 23.8 Å². The van der Waals surface area contributed by atoms with E-state index in [0.29, 0.717) is 17.8 Å². The lowest BCUT2D eigenvalue weighted by atomic mass is 10.1. The van der Waals surface area contributed by atoms with E-state index in [1.165, 1.54) is 10.4 Å². The Morgan fingerprint density at radius 3 is 2.80 bits per heavy atom. The predicted octanol–water partition coefficient (Wildman–Crippen LogP) is 1.77. The SMILES string of the molecule is Cc1ccc(N)cc1S(=O)(=O)N(C)CC1CCCCO1. The molecule has 1 heterocycles. The van der Waals surface area contributed by atoms with Crippen LogP contribution in [0.4, 0.5) is 5.69 Å². The first-order valence-electron chi connectivity index (χ1n) is 6.85. The van der Waals surface area contributed by atoms with Gasteiger partial charge in [0.2, 0.25) is 10.0 Å². The van der Waals surface area contributed by atoms with Crippen molar-refractivity contribution >= 4 is 15.7 Å². The molecule has 20 heavy (non-hydrogen) atoms.